The number of guanidine groups is 1. The van der Waals surface area contributed by atoms with Gasteiger partial charge in [0.25, 0.3) is 0 Å². The molecule has 0 radical (unpaired) electrons. The van der Waals surface area contributed by atoms with Crippen LogP contribution in [-0.4, -0.2) is 57.2 Å². The predicted molar refractivity (Wildman–Crippen MR) is 87.1 cm³/mol. The zero-order valence-corrected chi connectivity index (χ0v) is 13.2. The van der Waals surface area contributed by atoms with E-state index in [4.69, 9.17) is 4.74 Å². The smallest absolute Gasteiger partial charge is 0.191 e. The molecule has 116 valence electrons. The van der Waals surface area contributed by atoms with Gasteiger partial charge in [-0.25, -0.2) is 0 Å². The highest BCUT2D eigenvalue weighted by atomic mass is 16.5. The van der Waals surface area contributed by atoms with Crippen LogP contribution in [0.5, 0.6) is 5.75 Å². The van der Waals surface area contributed by atoms with Crippen LogP contribution in [0.4, 0.5) is 0 Å². The summed E-state index contributed by atoms with van der Waals surface area (Å²) in [5.74, 6) is 1.86. The van der Waals surface area contributed by atoms with Crippen LogP contribution in [0.1, 0.15) is 12.5 Å². The molecule has 1 aromatic carbocycles. The largest absolute Gasteiger partial charge is 0.492 e. The van der Waals surface area contributed by atoms with Gasteiger partial charge in [-0.15, -0.1) is 0 Å². The number of nitrogens with zero attached hydrogens (tertiary/aromatic N) is 2. The second kappa shape index (κ2) is 7.88. The fraction of sp³-hybridized carbons (Fsp3) is 0.562. The van der Waals surface area contributed by atoms with Crippen LogP contribution in [0.3, 0.4) is 0 Å². The second-order valence-corrected chi connectivity index (χ2v) is 5.71. The first kappa shape index (κ1) is 15.6. The van der Waals surface area contributed by atoms with Crippen LogP contribution >= 0.6 is 0 Å². The molecule has 1 atom stereocenters. The number of likely N-dealkylation sites (N-methyl/N-ethyl adjacent to an activating group) is 1. The van der Waals surface area contributed by atoms with Gasteiger partial charge in [0.2, 0.25) is 0 Å². The van der Waals surface area contributed by atoms with Crippen LogP contribution in [0.25, 0.3) is 0 Å². The van der Waals surface area contributed by atoms with Gasteiger partial charge < -0.3 is 20.3 Å². The molecule has 0 saturated carbocycles. The molecular formula is C16H26N4O. The Morgan fingerprint density at radius 3 is 2.71 bits per heavy atom. The molecule has 0 spiro atoms. The maximum Gasteiger partial charge on any atom is 0.191 e. The SMILES string of the molecule is CC1CN=C(NCCc2ccc(OCCN(C)C)cc2)N1. The van der Waals surface area contributed by atoms with Gasteiger partial charge in [-0.05, 0) is 45.1 Å². The van der Waals surface area contributed by atoms with E-state index >= 15 is 0 Å². The topological polar surface area (TPSA) is 48.9 Å². The van der Waals surface area contributed by atoms with E-state index in [0.717, 1.165) is 44.4 Å². The highest BCUT2D eigenvalue weighted by molar-refractivity contribution is 5.81. The molecule has 1 aliphatic rings. The standard InChI is InChI=1S/C16H26N4O/c1-13-12-18-16(19-13)17-9-8-14-4-6-15(7-5-14)21-11-10-20(2)3/h4-7,13H,8-12H2,1-3H3,(H2,17,18,19). The molecule has 2 rings (SSSR count). The summed E-state index contributed by atoms with van der Waals surface area (Å²) in [5.41, 5.74) is 1.30. The molecule has 0 aliphatic carbocycles. The Labute approximate surface area is 127 Å². The lowest BCUT2D eigenvalue weighted by molar-refractivity contribution is 0.261. The summed E-state index contributed by atoms with van der Waals surface area (Å²) < 4.78 is 5.68. The average molecular weight is 290 g/mol. The van der Waals surface area contributed by atoms with Crippen LogP contribution in [0, 0.1) is 0 Å². The molecule has 0 aromatic heterocycles. The van der Waals surface area contributed by atoms with Gasteiger partial charge in [0.05, 0.1) is 6.54 Å². The Hall–Kier alpha value is -1.75. The van der Waals surface area contributed by atoms with Crippen molar-refractivity contribution in [2.75, 3.05) is 40.3 Å². The van der Waals surface area contributed by atoms with Gasteiger partial charge >= 0.3 is 0 Å². The lowest BCUT2D eigenvalue weighted by atomic mass is 10.1. The van der Waals surface area contributed by atoms with Crippen LogP contribution in [0.2, 0.25) is 0 Å². The zero-order valence-electron chi connectivity index (χ0n) is 13.2. The number of hydrogen-bond donors (Lipinski definition) is 2. The summed E-state index contributed by atoms with van der Waals surface area (Å²) in [4.78, 5) is 6.49. The van der Waals surface area contributed by atoms with Crippen molar-refractivity contribution < 1.29 is 4.74 Å². The Morgan fingerprint density at radius 1 is 1.33 bits per heavy atom. The van der Waals surface area contributed by atoms with E-state index in [0.29, 0.717) is 6.04 Å². The maximum absolute atomic E-state index is 5.68. The predicted octanol–water partition coefficient (Wildman–Crippen LogP) is 1.11. The quantitative estimate of drug-likeness (QED) is 0.790. The van der Waals surface area contributed by atoms with E-state index in [1.807, 2.05) is 26.2 Å². The summed E-state index contributed by atoms with van der Waals surface area (Å²) in [5, 5.41) is 6.62. The molecule has 0 amide bonds. The van der Waals surface area contributed by atoms with E-state index in [9.17, 15) is 0 Å². The van der Waals surface area contributed by atoms with Crippen molar-refractivity contribution in [3.05, 3.63) is 29.8 Å². The van der Waals surface area contributed by atoms with Gasteiger partial charge in [0.1, 0.15) is 12.4 Å². The fourth-order valence-electron chi connectivity index (χ4n) is 2.08. The van der Waals surface area contributed by atoms with Crippen molar-refractivity contribution in [2.45, 2.75) is 19.4 Å². The monoisotopic (exact) mass is 290 g/mol. The van der Waals surface area contributed by atoms with Gasteiger partial charge in [-0.3, -0.25) is 4.99 Å². The van der Waals surface area contributed by atoms with E-state index in [1.54, 1.807) is 0 Å². The minimum absolute atomic E-state index is 0.450. The van der Waals surface area contributed by atoms with Crippen molar-refractivity contribution in [3.8, 4) is 5.75 Å². The van der Waals surface area contributed by atoms with Crippen molar-refractivity contribution in [1.82, 2.24) is 15.5 Å². The minimum atomic E-state index is 0.450. The zero-order chi connectivity index (χ0) is 15.1. The van der Waals surface area contributed by atoms with Crippen LogP contribution in [0.15, 0.2) is 29.3 Å². The lowest BCUT2D eigenvalue weighted by Crippen LogP contribution is -2.38. The molecular weight excluding hydrogens is 264 g/mol. The van der Waals surface area contributed by atoms with Crippen molar-refractivity contribution in [1.29, 1.82) is 0 Å². The van der Waals surface area contributed by atoms with Crippen molar-refractivity contribution in [2.24, 2.45) is 4.99 Å². The summed E-state index contributed by atoms with van der Waals surface area (Å²) in [6.45, 7) is 5.53. The first-order valence-corrected chi connectivity index (χ1v) is 7.55. The highest BCUT2D eigenvalue weighted by Crippen LogP contribution is 2.12. The maximum atomic E-state index is 5.68. The Bertz CT molecular complexity index is 456. The summed E-state index contributed by atoms with van der Waals surface area (Å²) >= 11 is 0. The molecule has 1 aliphatic heterocycles. The molecule has 0 fully saturated rings. The molecule has 2 N–H and O–H groups in total. The first-order valence-electron chi connectivity index (χ1n) is 7.55. The fourth-order valence-corrected chi connectivity index (χ4v) is 2.08. The molecule has 0 bridgehead atoms. The number of benzene rings is 1. The number of rotatable bonds is 7. The van der Waals surface area contributed by atoms with E-state index < -0.39 is 0 Å². The third-order valence-electron chi connectivity index (χ3n) is 3.34. The molecule has 1 heterocycles. The molecule has 0 saturated heterocycles. The molecule has 5 nitrogen and oxygen atoms in total. The Kier molecular flexibility index (Phi) is 5.87. The Morgan fingerprint density at radius 2 is 2.10 bits per heavy atom. The summed E-state index contributed by atoms with van der Waals surface area (Å²) in [7, 11) is 4.09. The third kappa shape index (κ3) is 5.63. The van der Waals surface area contributed by atoms with Crippen LogP contribution < -0.4 is 15.4 Å². The van der Waals surface area contributed by atoms with Gasteiger partial charge in [0, 0.05) is 19.1 Å². The van der Waals surface area contributed by atoms with E-state index in [1.165, 1.54) is 5.56 Å². The third-order valence-corrected chi connectivity index (χ3v) is 3.34. The van der Waals surface area contributed by atoms with Gasteiger partial charge in [0.15, 0.2) is 5.96 Å². The number of nitrogens with one attached hydrogen (secondary N) is 2. The minimum Gasteiger partial charge on any atom is -0.492 e. The molecule has 5 heteroatoms. The van der Waals surface area contributed by atoms with Crippen molar-refractivity contribution >= 4 is 5.96 Å². The first-order chi connectivity index (χ1) is 10.1. The molecule has 1 unspecified atom stereocenters. The summed E-state index contributed by atoms with van der Waals surface area (Å²) in [6, 6.07) is 8.78. The molecule has 21 heavy (non-hydrogen) atoms. The Balaban J connectivity index is 1.67. The lowest BCUT2D eigenvalue weighted by Gasteiger charge is -2.11. The normalized spacial score (nSPS) is 17.5. The molecule has 1 aromatic rings. The van der Waals surface area contributed by atoms with E-state index in [2.05, 4.69) is 39.6 Å². The number of hydrogen-bond acceptors (Lipinski definition) is 5. The number of ether oxygens (including phenoxy) is 1. The van der Waals surface area contributed by atoms with Gasteiger partial charge in [-0.2, -0.15) is 0 Å². The van der Waals surface area contributed by atoms with Crippen molar-refractivity contribution in [3.63, 3.8) is 0 Å². The highest BCUT2D eigenvalue weighted by Gasteiger charge is 2.10. The van der Waals surface area contributed by atoms with E-state index in [-0.39, 0.29) is 0 Å². The number of aliphatic imine (C=N–C) groups is 1. The average Bonchev–Trinajstić information content (AvgIpc) is 2.86. The summed E-state index contributed by atoms with van der Waals surface area (Å²) in [6.07, 6.45) is 0.979. The van der Waals surface area contributed by atoms with Crippen LogP contribution in [-0.2, 0) is 6.42 Å². The second-order valence-electron chi connectivity index (χ2n) is 5.71. The van der Waals surface area contributed by atoms with Gasteiger partial charge in [-0.1, -0.05) is 12.1 Å².